The van der Waals surface area contributed by atoms with Gasteiger partial charge in [-0.15, -0.1) is 0 Å². The number of hydrogen-bond acceptors (Lipinski definition) is 4. The summed E-state index contributed by atoms with van der Waals surface area (Å²) >= 11 is 5.93. The van der Waals surface area contributed by atoms with Crippen LogP contribution in [0, 0.1) is 12.7 Å². The molecule has 1 aromatic heterocycles. The maximum absolute atomic E-state index is 13.3. The van der Waals surface area contributed by atoms with Gasteiger partial charge in [-0.3, -0.25) is 4.72 Å². The molecule has 2 aromatic carbocycles. The van der Waals surface area contributed by atoms with Crippen LogP contribution in [-0.2, 0) is 10.0 Å². The lowest BCUT2D eigenvalue weighted by Gasteiger charge is -2.10. The van der Waals surface area contributed by atoms with Gasteiger partial charge >= 0.3 is 0 Å². The molecule has 0 aliphatic carbocycles. The topological polar surface area (TPSA) is 71.1 Å². The van der Waals surface area contributed by atoms with E-state index in [1.807, 2.05) is 12.1 Å². The van der Waals surface area contributed by atoms with Gasteiger partial charge in [0.25, 0.3) is 10.0 Å². The Morgan fingerprint density at radius 2 is 1.85 bits per heavy atom. The molecule has 0 fully saturated rings. The maximum atomic E-state index is 13.3. The summed E-state index contributed by atoms with van der Waals surface area (Å²) in [6, 6.07) is 14.0. The zero-order chi connectivity index (χ0) is 18.7. The number of nitrogens with one attached hydrogen (secondary N) is 2. The van der Waals surface area contributed by atoms with Crippen LogP contribution in [-0.4, -0.2) is 13.4 Å². The molecule has 0 amide bonds. The van der Waals surface area contributed by atoms with Crippen molar-refractivity contribution in [2.75, 3.05) is 10.0 Å². The molecule has 0 unspecified atom stereocenters. The van der Waals surface area contributed by atoms with Crippen molar-refractivity contribution in [3.8, 4) is 0 Å². The van der Waals surface area contributed by atoms with Gasteiger partial charge in [0.2, 0.25) is 0 Å². The van der Waals surface area contributed by atoms with E-state index in [1.54, 1.807) is 18.2 Å². The Morgan fingerprint density at radius 1 is 1.04 bits per heavy atom. The second-order valence-corrected chi connectivity index (χ2v) is 7.70. The number of benzene rings is 2. The molecule has 3 aromatic rings. The first-order valence-corrected chi connectivity index (χ1v) is 9.47. The van der Waals surface area contributed by atoms with Crippen LogP contribution in [0.3, 0.4) is 0 Å². The minimum Gasteiger partial charge on any atom is -0.354 e. The quantitative estimate of drug-likeness (QED) is 0.659. The number of halogens is 2. The van der Waals surface area contributed by atoms with E-state index in [1.165, 1.54) is 31.3 Å². The Morgan fingerprint density at radius 3 is 2.50 bits per heavy atom. The van der Waals surface area contributed by atoms with Crippen LogP contribution in [0.1, 0.15) is 5.56 Å². The van der Waals surface area contributed by atoms with Crippen molar-refractivity contribution < 1.29 is 12.8 Å². The van der Waals surface area contributed by atoms with Gasteiger partial charge in [-0.1, -0.05) is 17.7 Å². The van der Waals surface area contributed by atoms with E-state index < -0.39 is 15.8 Å². The number of nitrogens with zero attached hydrogens (tertiary/aromatic N) is 1. The fraction of sp³-hybridized carbons (Fsp3) is 0.0556. The molecule has 26 heavy (non-hydrogen) atoms. The van der Waals surface area contributed by atoms with Crippen molar-refractivity contribution >= 4 is 38.8 Å². The Balaban J connectivity index is 1.75. The molecule has 134 valence electrons. The summed E-state index contributed by atoms with van der Waals surface area (Å²) in [5.74, 6) is -0.304. The number of sulfonamides is 1. The van der Waals surface area contributed by atoms with Crippen LogP contribution in [0.4, 0.5) is 21.6 Å². The summed E-state index contributed by atoms with van der Waals surface area (Å²) in [4.78, 5) is 4.06. The molecule has 5 nitrogen and oxygen atoms in total. The first-order chi connectivity index (χ1) is 12.3. The number of anilines is 3. The van der Waals surface area contributed by atoms with Gasteiger partial charge in [0.05, 0.1) is 16.8 Å². The van der Waals surface area contributed by atoms with E-state index in [0.29, 0.717) is 10.7 Å². The van der Waals surface area contributed by atoms with Crippen molar-refractivity contribution in [1.82, 2.24) is 4.98 Å². The zero-order valence-electron chi connectivity index (χ0n) is 13.7. The van der Waals surface area contributed by atoms with E-state index >= 15 is 0 Å². The van der Waals surface area contributed by atoms with Crippen molar-refractivity contribution in [2.45, 2.75) is 11.8 Å². The van der Waals surface area contributed by atoms with Crippen LogP contribution in [0.25, 0.3) is 0 Å². The summed E-state index contributed by atoms with van der Waals surface area (Å²) in [7, 11) is -3.85. The minimum absolute atomic E-state index is 0.0284. The van der Waals surface area contributed by atoms with Crippen LogP contribution in [0.2, 0.25) is 5.02 Å². The number of hydrogen-bond donors (Lipinski definition) is 2. The Hall–Kier alpha value is -2.64. The average molecular weight is 392 g/mol. The van der Waals surface area contributed by atoms with Crippen LogP contribution in [0.5, 0.6) is 0 Å². The Bertz CT molecular complexity index is 1040. The van der Waals surface area contributed by atoms with E-state index in [2.05, 4.69) is 15.0 Å². The lowest BCUT2D eigenvalue weighted by Crippen LogP contribution is -2.14. The molecule has 3 rings (SSSR count). The third-order valence-electron chi connectivity index (χ3n) is 3.56. The van der Waals surface area contributed by atoms with Gasteiger partial charge in [0.15, 0.2) is 0 Å². The average Bonchev–Trinajstić information content (AvgIpc) is 2.59. The fourth-order valence-corrected chi connectivity index (χ4v) is 3.53. The molecule has 0 saturated heterocycles. The van der Waals surface area contributed by atoms with Crippen LogP contribution >= 0.6 is 11.6 Å². The molecule has 0 saturated carbocycles. The smallest absolute Gasteiger partial charge is 0.263 e. The zero-order valence-corrected chi connectivity index (χ0v) is 15.3. The summed E-state index contributed by atoms with van der Waals surface area (Å²) in [6.07, 6.45) is 1.49. The predicted octanol–water partition coefficient (Wildman–Crippen LogP) is 4.73. The molecule has 0 radical (unpaired) electrons. The number of rotatable bonds is 5. The van der Waals surface area contributed by atoms with Crippen molar-refractivity contribution in [3.05, 3.63) is 77.2 Å². The predicted molar refractivity (Wildman–Crippen MR) is 101 cm³/mol. The highest BCUT2D eigenvalue weighted by Crippen LogP contribution is 2.22. The SMILES string of the molecule is Cc1cc(S(=O)(=O)Nc2ccc(Nc3cccc(Cl)c3)cn2)ccc1F. The summed E-state index contributed by atoms with van der Waals surface area (Å²) in [6.45, 7) is 1.50. The third-order valence-corrected chi connectivity index (χ3v) is 5.14. The van der Waals surface area contributed by atoms with Gasteiger partial charge in [-0.2, -0.15) is 0 Å². The summed E-state index contributed by atoms with van der Waals surface area (Å²) in [5.41, 5.74) is 1.71. The Kier molecular flexibility index (Phi) is 5.11. The van der Waals surface area contributed by atoms with Gasteiger partial charge in [0, 0.05) is 10.7 Å². The normalized spacial score (nSPS) is 11.2. The molecule has 0 bridgehead atoms. The van der Waals surface area contributed by atoms with Crippen molar-refractivity contribution in [2.24, 2.45) is 0 Å². The van der Waals surface area contributed by atoms with Gasteiger partial charge < -0.3 is 5.32 Å². The first-order valence-electron chi connectivity index (χ1n) is 7.61. The molecule has 0 atom stereocenters. The molecular formula is C18H15ClFN3O2S. The van der Waals surface area contributed by atoms with Gasteiger partial charge in [0.1, 0.15) is 11.6 Å². The molecule has 2 N–H and O–H groups in total. The van der Waals surface area contributed by atoms with E-state index in [4.69, 9.17) is 11.6 Å². The highest BCUT2D eigenvalue weighted by molar-refractivity contribution is 7.92. The molecule has 0 spiro atoms. The molecule has 0 aliphatic rings. The maximum Gasteiger partial charge on any atom is 0.263 e. The largest absolute Gasteiger partial charge is 0.354 e. The molecular weight excluding hydrogens is 377 g/mol. The Labute approximate surface area is 155 Å². The lowest BCUT2D eigenvalue weighted by atomic mass is 10.2. The van der Waals surface area contributed by atoms with E-state index in [0.717, 1.165) is 11.8 Å². The van der Waals surface area contributed by atoms with Crippen molar-refractivity contribution in [3.63, 3.8) is 0 Å². The van der Waals surface area contributed by atoms with Gasteiger partial charge in [-0.25, -0.2) is 17.8 Å². The third kappa shape index (κ3) is 4.30. The van der Waals surface area contributed by atoms with E-state index in [9.17, 15) is 12.8 Å². The van der Waals surface area contributed by atoms with Gasteiger partial charge in [-0.05, 0) is 61.0 Å². The number of aryl methyl sites for hydroxylation is 1. The minimum atomic E-state index is -3.85. The number of aromatic nitrogens is 1. The highest BCUT2D eigenvalue weighted by atomic mass is 35.5. The molecule has 1 heterocycles. The monoisotopic (exact) mass is 391 g/mol. The molecule has 0 aliphatic heterocycles. The number of pyridine rings is 1. The second-order valence-electron chi connectivity index (χ2n) is 5.58. The van der Waals surface area contributed by atoms with Crippen LogP contribution in [0.15, 0.2) is 65.7 Å². The van der Waals surface area contributed by atoms with Crippen molar-refractivity contribution in [1.29, 1.82) is 0 Å². The standard InChI is InChI=1S/C18H15ClFN3O2S/c1-12-9-16(6-7-17(12)20)26(24,25)23-18-8-5-15(11-21-18)22-14-4-2-3-13(19)10-14/h2-11,22H,1H3,(H,21,23). The van der Waals surface area contributed by atoms with E-state index in [-0.39, 0.29) is 16.3 Å². The highest BCUT2D eigenvalue weighted by Gasteiger charge is 2.16. The lowest BCUT2D eigenvalue weighted by molar-refractivity contribution is 0.598. The molecule has 8 heteroatoms. The summed E-state index contributed by atoms with van der Waals surface area (Å²) in [5, 5.41) is 3.71. The first kappa shape index (κ1) is 18.2. The summed E-state index contributed by atoms with van der Waals surface area (Å²) < 4.78 is 40.4. The fourth-order valence-electron chi connectivity index (χ4n) is 2.24. The second kappa shape index (κ2) is 7.31. The van der Waals surface area contributed by atoms with Crippen LogP contribution < -0.4 is 10.0 Å².